The number of rotatable bonds is 8. The van der Waals surface area contributed by atoms with Crippen molar-refractivity contribution in [3.8, 4) is 0 Å². The molecule has 0 bridgehead atoms. The summed E-state index contributed by atoms with van der Waals surface area (Å²) in [6.07, 6.45) is -4.38. The number of phosphoric ester groups is 1. The fraction of sp³-hybridized carbons (Fsp3) is 0.600. The van der Waals surface area contributed by atoms with Crippen LogP contribution in [0.5, 0.6) is 0 Å². The van der Waals surface area contributed by atoms with Crippen molar-refractivity contribution >= 4 is 47.9 Å². The van der Waals surface area contributed by atoms with Crippen molar-refractivity contribution in [2.24, 2.45) is 0 Å². The van der Waals surface area contributed by atoms with E-state index in [2.05, 4.69) is 30.3 Å². The van der Waals surface area contributed by atoms with Gasteiger partial charge in [-0.05, 0) is 19.1 Å². The Kier molecular flexibility index (Phi) is 7.86. The molecule has 2 rings (SSSR count). The summed E-state index contributed by atoms with van der Waals surface area (Å²) in [7, 11) is -17.4. The molecule has 22 heteroatoms. The summed E-state index contributed by atoms with van der Waals surface area (Å²) < 4.78 is 92.8. The van der Waals surface area contributed by atoms with Gasteiger partial charge in [-0.15, -0.1) is 0 Å². The maximum Gasteiger partial charge on any atom is 0.490 e. The number of aliphatic hydroxyl groups excluding tert-OH is 1. The van der Waals surface area contributed by atoms with Crippen LogP contribution < -0.4 is 0 Å². The van der Waals surface area contributed by atoms with Gasteiger partial charge in [0.1, 0.15) is 11.2 Å². The third-order valence-electron chi connectivity index (χ3n) is 3.75. The molecule has 1 fully saturated rings. The van der Waals surface area contributed by atoms with Crippen molar-refractivity contribution < 1.29 is 69.4 Å². The molecule has 6 atom stereocenters. The lowest BCUT2D eigenvalue weighted by atomic mass is 9.97. The quantitative estimate of drug-likeness (QED) is 0.196. The lowest BCUT2D eigenvalue weighted by Gasteiger charge is -2.26. The molecule has 2 heterocycles. The van der Waals surface area contributed by atoms with E-state index in [4.69, 9.17) is 31.6 Å². The molecule has 6 N–H and O–H groups in total. The number of phosphoric acid groups is 3. The number of ether oxygens (including phenoxy) is 1. The van der Waals surface area contributed by atoms with E-state index in [9.17, 15) is 28.1 Å². The molecule has 14 nitrogen and oxygen atoms in total. The Morgan fingerprint density at radius 3 is 2.28 bits per heavy atom. The normalized spacial score (nSPS) is 32.4. The Bertz CT molecular complexity index is 1160. The van der Waals surface area contributed by atoms with E-state index >= 15 is 8.78 Å². The number of hydrogen-bond donors (Lipinski definition) is 6. The molecule has 0 spiro atoms. The van der Waals surface area contributed by atoms with Crippen molar-refractivity contribution in [3.63, 3.8) is 0 Å². The molecule has 6 unspecified atom stereocenters. The van der Waals surface area contributed by atoms with Gasteiger partial charge in [0.15, 0.2) is 28.6 Å². The first-order chi connectivity index (χ1) is 14.2. The number of alkyl halides is 2. The molecule has 1 aliphatic rings. The molecular weight excluding hydrogens is 554 g/mol. The zero-order valence-corrected chi connectivity index (χ0v) is 19.6. The minimum Gasteiger partial charge on any atom is -0.384 e. The minimum absolute atomic E-state index is 0.449. The van der Waals surface area contributed by atoms with Crippen molar-refractivity contribution in [2.75, 3.05) is 6.61 Å². The van der Waals surface area contributed by atoms with Gasteiger partial charge in [-0.1, -0.05) is 12.2 Å². The first kappa shape index (κ1) is 27.9. The topological polar surface area (TPSA) is 210 Å². The van der Waals surface area contributed by atoms with Crippen LogP contribution in [0.25, 0.3) is 0 Å². The highest BCUT2D eigenvalue weighted by molar-refractivity contribution is 7.72. The molecule has 184 valence electrons. The number of nitrogens with one attached hydrogen (secondary N) is 1. The lowest BCUT2D eigenvalue weighted by Crippen LogP contribution is -2.46. The Hall–Kier alpha value is -0.360. The second kappa shape index (κ2) is 9.02. The Balaban J connectivity index is 2.26. The lowest BCUT2D eigenvalue weighted by molar-refractivity contribution is -0.204. The highest BCUT2D eigenvalue weighted by Crippen LogP contribution is 2.66. The maximum absolute atomic E-state index is 15.1. The standard InChI is InChI=1S/C10H14F3N2O12P3S2/c1-9(12)6(16)10(13,25-7(9)15-2-4(11)5(31)14-8(15)32)3-24-29(20,21)27-30(22,23)26-28(17,18)19/h2,6-7,16H,3H2,1H3,(H,20,21)(H,22,23)(H,14,31,32)(H2,17,18,19). The number of nitrogens with zero attached hydrogens (tertiary/aromatic N) is 1. The Morgan fingerprint density at radius 2 is 1.75 bits per heavy atom. The molecular formula is C10H14F3N2O12P3S2. The molecule has 1 aromatic heterocycles. The van der Waals surface area contributed by atoms with Gasteiger partial charge in [0.25, 0.3) is 5.85 Å². The zero-order chi connectivity index (χ0) is 24.9. The zero-order valence-electron chi connectivity index (χ0n) is 15.3. The second-order valence-electron chi connectivity index (χ2n) is 6.32. The van der Waals surface area contributed by atoms with Gasteiger partial charge in [0.05, 0.1) is 0 Å². The molecule has 0 saturated carbocycles. The molecule has 32 heavy (non-hydrogen) atoms. The van der Waals surface area contributed by atoms with Crippen molar-refractivity contribution in [1.82, 2.24) is 9.55 Å². The maximum atomic E-state index is 15.1. The third kappa shape index (κ3) is 6.40. The summed E-state index contributed by atoms with van der Waals surface area (Å²) >= 11 is 9.43. The Labute approximate surface area is 186 Å². The van der Waals surface area contributed by atoms with Crippen LogP contribution in [0.3, 0.4) is 0 Å². The summed E-state index contributed by atoms with van der Waals surface area (Å²) in [4.78, 5) is 37.5. The van der Waals surface area contributed by atoms with Gasteiger partial charge in [0.2, 0.25) is 0 Å². The summed E-state index contributed by atoms with van der Waals surface area (Å²) in [5.74, 6) is -4.76. The molecule has 1 saturated heterocycles. The monoisotopic (exact) mass is 568 g/mol. The van der Waals surface area contributed by atoms with Crippen LogP contribution >= 0.6 is 47.9 Å². The predicted octanol–water partition coefficient (Wildman–Crippen LogP) is 2.04. The van der Waals surface area contributed by atoms with E-state index in [0.717, 1.165) is 0 Å². The average Bonchev–Trinajstić information content (AvgIpc) is 2.74. The predicted molar refractivity (Wildman–Crippen MR) is 99.7 cm³/mol. The van der Waals surface area contributed by atoms with Crippen LogP contribution in [-0.4, -0.2) is 58.5 Å². The Morgan fingerprint density at radius 1 is 1.19 bits per heavy atom. The highest BCUT2D eigenvalue weighted by Gasteiger charge is 2.65. The van der Waals surface area contributed by atoms with Gasteiger partial charge >= 0.3 is 23.5 Å². The van der Waals surface area contributed by atoms with Crippen LogP contribution in [0.15, 0.2) is 6.20 Å². The molecule has 1 aromatic rings. The van der Waals surface area contributed by atoms with Gasteiger partial charge < -0.3 is 34.4 Å². The number of halogens is 3. The number of aromatic nitrogens is 2. The average molecular weight is 568 g/mol. The van der Waals surface area contributed by atoms with Crippen LogP contribution in [0.1, 0.15) is 13.2 Å². The number of hydrogen-bond acceptors (Lipinski definition) is 10. The first-order valence-electron chi connectivity index (χ1n) is 7.72. The minimum atomic E-state index is -5.91. The first-order valence-corrected chi connectivity index (χ1v) is 13.1. The summed E-state index contributed by atoms with van der Waals surface area (Å²) in [5.41, 5.74) is -3.06. The van der Waals surface area contributed by atoms with E-state index < -0.39 is 69.2 Å². The van der Waals surface area contributed by atoms with Crippen molar-refractivity contribution in [2.45, 2.75) is 30.8 Å². The van der Waals surface area contributed by atoms with E-state index in [1.807, 2.05) is 0 Å². The van der Waals surface area contributed by atoms with E-state index in [-0.39, 0.29) is 0 Å². The summed E-state index contributed by atoms with van der Waals surface area (Å²) in [6, 6.07) is 0. The highest BCUT2D eigenvalue weighted by atomic mass is 32.1. The summed E-state index contributed by atoms with van der Waals surface area (Å²) in [5, 5.41) is 10.0. The van der Waals surface area contributed by atoms with Crippen LogP contribution in [0.2, 0.25) is 0 Å². The second-order valence-corrected chi connectivity index (χ2v) is 11.5. The van der Waals surface area contributed by atoms with Crippen LogP contribution in [0.4, 0.5) is 13.2 Å². The smallest absolute Gasteiger partial charge is 0.384 e. The molecule has 0 aliphatic carbocycles. The molecule has 0 aromatic carbocycles. The van der Waals surface area contributed by atoms with Crippen LogP contribution in [-0.2, 0) is 31.6 Å². The number of aromatic amines is 1. The number of H-pyrrole nitrogens is 1. The number of aliphatic hydroxyl groups is 1. The van der Waals surface area contributed by atoms with Gasteiger partial charge in [0, 0.05) is 6.20 Å². The SMILES string of the molecule is CC1(F)C(n2cc(F)c(=S)[nH]c2=S)OC(F)(COP(=O)(O)OP(=O)(O)OP(=O)(O)O)C1O. The fourth-order valence-corrected chi connectivity index (χ4v) is 5.97. The van der Waals surface area contributed by atoms with Crippen LogP contribution in [0, 0.1) is 15.2 Å². The van der Waals surface area contributed by atoms with Crippen molar-refractivity contribution in [3.05, 3.63) is 21.4 Å². The largest absolute Gasteiger partial charge is 0.490 e. The van der Waals surface area contributed by atoms with Gasteiger partial charge in [-0.3, -0.25) is 9.09 Å². The molecule has 0 radical (unpaired) electrons. The fourth-order valence-electron chi connectivity index (χ4n) is 2.47. The third-order valence-corrected chi connectivity index (χ3v) is 8.14. The van der Waals surface area contributed by atoms with Crippen molar-refractivity contribution in [1.29, 1.82) is 0 Å². The summed E-state index contributed by atoms with van der Waals surface area (Å²) in [6.45, 7) is -1.21. The van der Waals surface area contributed by atoms with E-state index in [1.165, 1.54) is 0 Å². The van der Waals surface area contributed by atoms with E-state index in [0.29, 0.717) is 17.7 Å². The van der Waals surface area contributed by atoms with Gasteiger partial charge in [-0.25, -0.2) is 26.9 Å². The molecule has 1 aliphatic heterocycles. The van der Waals surface area contributed by atoms with E-state index in [1.54, 1.807) is 0 Å². The van der Waals surface area contributed by atoms with Gasteiger partial charge in [-0.2, -0.15) is 8.62 Å². The molecule has 0 amide bonds.